The Morgan fingerprint density at radius 1 is 1.15 bits per heavy atom. The summed E-state index contributed by atoms with van der Waals surface area (Å²) in [5.41, 5.74) is 3.19. The van der Waals surface area contributed by atoms with Crippen molar-refractivity contribution in [3.05, 3.63) is 47.5 Å². The second-order valence-electron chi connectivity index (χ2n) is 6.69. The molecule has 0 unspecified atom stereocenters. The highest BCUT2D eigenvalue weighted by atomic mass is 32.2. The molecule has 0 aromatic heterocycles. The molecule has 0 aliphatic carbocycles. The number of rotatable bonds is 5. The lowest BCUT2D eigenvalue weighted by Gasteiger charge is -2.16. The number of aryl methyl sites for hydroxylation is 1. The van der Waals surface area contributed by atoms with Crippen LogP contribution in [0.5, 0.6) is 11.5 Å². The lowest BCUT2D eigenvalue weighted by molar-refractivity contribution is -0.113. The molecule has 0 radical (unpaired) electrons. The van der Waals surface area contributed by atoms with Crippen molar-refractivity contribution in [1.82, 2.24) is 0 Å². The van der Waals surface area contributed by atoms with Crippen LogP contribution < -0.4 is 14.8 Å². The molecule has 0 atom stereocenters. The van der Waals surface area contributed by atoms with Gasteiger partial charge in [0.15, 0.2) is 11.5 Å². The van der Waals surface area contributed by atoms with Crippen LogP contribution in [-0.4, -0.2) is 24.9 Å². The summed E-state index contributed by atoms with van der Waals surface area (Å²) in [7, 11) is 0. The maximum atomic E-state index is 12.5. The molecule has 1 amide bonds. The van der Waals surface area contributed by atoms with Gasteiger partial charge in [0.05, 0.1) is 19.0 Å². The molecule has 1 N–H and O–H groups in total. The molecule has 0 saturated heterocycles. The molecule has 0 spiro atoms. The summed E-state index contributed by atoms with van der Waals surface area (Å²) >= 11 is 1.50. The van der Waals surface area contributed by atoms with Crippen LogP contribution in [0.15, 0.2) is 41.3 Å². The van der Waals surface area contributed by atoms with E-state index >= 15 is 0 Å². The molecule has 1 heterocycles. The molecule has 2 aromatic rings. The summed E-state index contributed by atoms with van der Waals surface area (Å²) in [6.07, 6.45) is 0.883. The lowest BCUT2D eigenvalue weighted by Crippen LogP contribution is -2.16. The number of anilines is 1. The van der Waals surface area contributed by atoms with E-state index in [9.17, 15) is 4.79 Å². The highest BCUT2D eigenvalue weighted by Crippen LogP contribution is 2.34. The third-order valence-electron chi connectivity index (χ3n) is 4.28. The SMILES string of the molecule is Cc1cccc(C(C)C)c1NC(=O)CSc1ccc2c(c1)OCCCO2. The number of amides is 1. The first-order valence-electron chi connectivity index (χ1n) is 8.96. The van der Waals surface area contributed by atoms with Crippen molar-refractivity contribution in [2.24, 2.45) is 0 Å². The third-order valence-corrected chi connectivity index (χ3v) is 5.27. The smallest absolute Gasteiger partial charge is 0.234 e. The molecule has 2 aromatic carbocycles. The van der Waals surface area contributed by atoms with Gasteiger partial charge in [-0.15, -0.1) is 11.8 Å². The average molecular weight is 372 g/mol. The van der Waals surface area contributed by atoms with E-state index in [4.69, 9.17) is 9.47 Å². The van der Waals surface area contributed by atoms with Crippen molar-refractivity contribution in [2.75, 3.05) is 24.3 Å². The normalized spacial score (nSPS) is 13.4. The van der Waals surface area contributed by atoms with E-state index < -0.39 is 0 Å². The fourth-order valence-corrected chi connectivity index (χ4v) is 3.62. The molecule has 0 fully saturated rings. The Morgan fingerprint density at radius 2 is 1.92 bits per heavy atom. The van der Waals surface area contributed by atoms with Crippen molar-refractivity contribution in [1.29, 1.82) is 0 Å². The zero-order valence-electron chi connectivity index (χ0n) is 15.5. The van der Waals surface area contributed by atoms with Gasteiger partial charge in [0.1, 0.15) is 0 Å². The van der Waals surface area contributed by atoms with Gasteiger partial charge in [0, 0.05) is 17.0 Å². The Bertz CT molecular complexity index is 789. The van der Waals surface area contributed by atoms with E-state index in [0.29, 0.717) is 24.9 Å². The number of thioether (sulfide) groups is 1. The van der Waals surface area contributed by atoms with E-state index in [1.807, 2.05) is 37.3 Å². The second kappa shape index (κ2) is 8.49. The topological polar surface area (TPSA) is 47.6 Å². The van der Waals surface area contributed by atoms with E-state index in [1.54, 1.807) is 0 Å². The number of hydrogen-bond donors (Lipinski definition) is 1. The van der Waals surface area contributed by atoms with Gasteiger partial charge in [-0.3, -0.25) is 4.79 Å². The number of carbonyl (C=O) groups excluding carboxylic acids is 1. The molecular weight excluding hydrogens is 346 g/mol. The maximum absolute atomic E-state index is 12.5. The number of benzene rings is 2. The van der Waals surface area contributed by atoms with Crippen molar-refractivity contribution < 1.29 is 14.3 Å². The maximum Gasteiger partial charge on any atom is 0.234 e. The fraction of sp³-hybridized carbons (Fsp3) is 0.381. The van der Waals surface area contributed by atoms with Crippen LogP contribution in [0, 0.1) is 6.92 Å². The molecule has 0 saturated carbocycles. The molecular formula is C21H25NO3S. The predicted molar refractivity (Wildman–Crippen MR) is 107 cm³/mol. The lowest BCUT2D eigenvalue weighted by atomic mass is 9.98. The first kappa shape index (κ1) is 18.6. The van der Waals surface area contributed by atoms with Gasteiger partial charge in [-0.25, -0.2) is 0 Å². The molecule has 3 rings (SSSR count). The quantitative estimate of drug-likeness (QED) is 0.751. The summed E-state index contributed by atoms with van der Waals surface area (Å²) in [6, 6.07) is 12.0. The van der Waals surface area contributed by atoms with Gasteiger partial charge in [-0.05, 0) is 42.2 Å². The largest absolute Gasteiger partial charge is 0.490 e. The van der Waals surface area contributed by atoms with Gasteiger partial charge in [0.2, 0.25) is 5.91 Å². The van der Waals surface area contributed by atoms with Crippen molar-refractivity contribution in [3.63, 3.8) is 0 Å². The Morgan fingerprint density at radius 3 is 2.69 bits per heavy atom. The number of fused-ring (bicyclic) bond motifs is 1. The summed E-state index contributed by atoms with van der Waals surface area (Å²) in [5.74, 6) is 2.25. The zero-order valence-corrected chi connectivity index (χ0v) is 16.3. The summed E-state index contributed by atoms with van der Waals surface area (Å²) < 4.78 is 11.4. The van der Waals surface area contributed by atoms with Crippen LogP contribution in [0.4, 0.5) is 5.69 Å². The number of para-hydroxylation sites is 1. The van der Waals surface area contributed by atoms with E-state index in [0.717, 1.165) is 34.1 Å². The predicted octanol–water partition coefficient (Wildman–Crippen LogP) is 5.01. The van der Waals surface area contributed by atoms with Gasteiger partial charge in [-0.1, -0.05) is 32.0 Å². The summed E-state index contributed by atoms with van der Waals surface area (Å²) in [6.45, 7) is 7.63. The minimum atomic E-state index is -0.00156. The monoisotopic (exact) mass is 371 g/mol. The summed E-state index contributed by atoms with van der Waals surface area (Å²) in [5, 5.41) is 3.09. The van der Waals surface area contributed by atoms with Gasteiger partial charge in [0.25, 0.3) is 0 Å². The molecule has 1 aliphatic heterocycles. The van der Waals surface area contributed by atoms with Gasteiger partial charge < -0.3 is 14.8 Å². The molecule has 138 valence electrons. The Labute approximate surface area is 159 Å². The first-order valence-corrected chi connectivity index (χ1v) is 9.95. The highest BCUT2D eigenvalue weighted by Gasteiger charge is 2.14. The van der Waals surface area contributed by atoms with Crippen molar-refractivity contribution >= 4 is 23.4 Å². The minimum absolute atomic E-state index is 0.00156. The molecule has 4 nitrogen and oxygen atoms in total. The number of nitrogens with one attached hydrogen (secondary N) is 1. The zero-order chi connectivity index (χ0) is 18.5. The Kier molecular flexibility index (Phi) is 6.09. The fourth-order valence-electron chi connectivity index (χ4n) is 2.90. The van der Waals surface area contributed by atoms with Crippen LogP contribution in [0.2, 0.25) is 0 Å². The van der Waals surface area contributed by atoms with Crippen LogP contribution in [0.1, 0.15) is 37.3 Å². The van der Waals surface area contributed by atoms with E-state index in [-0.39, 0.29) is 5.91 Å². The number of hydrogen-bond acceptors (Lipinski definition) is 4. The number of ether oxygens (including phenoxy) is 2. The van der Waals surface area contributed by atoms with Crippen molar-refractivity contribution in [3.8, 4) is 11.5 Å². The molecule has 5 heteroatoms. The van der Waals surface area contributed by atoms with Gasteiger partial charge in [-0.2, -0.15) is 0 Å². The van der Waals surface area contributed by atoms with E-state index in [1.165, 1.54) is 17.3 Å². The Hall–Kier alpha value is -2.14. The number of carbonyl (C=O) groups is 1. The molecule has 26 heavy (non-hydrogen) atoms. The molecule has 0 bridgehead atoms. The Balaban J connectivity index is 1.64. The van der Waals surface area contributed by atoms with Crippen LogP contribution in [0.25, 0.3) is 0 Å². The van der Waals surface area contributed by atoms with Gasteiger partial charge >= 0.3 is 0 Å². The van der Waals surface area contributed by atoms with Crippen LogP contribution in [-0.2, 0) is 4.79 Å². The minimum Gasteiger partial charge on any atom is -0.490 e. The van der Waals surface area contributed by atoms with Crippen LogP contribution in [0.3, 0.4) is 0 Å². The van der Waals surface area contributed by atoms with Crippen molar-refractivity contribution in [2.45, 2.75) is 38.0 Å². The standard InChI is InChI=1S/C21H25NO3S/c1-14(2)17-7-4-6-15(3)21(17)22-20(23)13-26-16-8-9-18-19(12-16)25-11-5-10-24-18/h4,6-9,12,14H,5,10-11,13H2,1-3H3,(H,22,23). The first-order chi connectivity index (χ1) is 12.5. The second-order valence-corrected chi connectivity index (χ2v) is 7.74. The van der Waals surface area contributed by atoms with E-state index in [2.05, 4.69) is 25.2 Å². The summed E-state index contributed by atoms with van der Waals surface area (Å²) in [4.78, 5) is 13.5. The average Bonchev–Trinajstić information content (AvgIpc) is 2.86. The third kappa shape index (κ3) is 4.52. The molecule has 1 aliphatic rings. The van der Waals surface area contributed by atoms with Crippen LogP contribution >= 0.6 is 11.8 Å². The highest BCUT2D eigenvalue weighted by molar-refractivity contribution is 8.00.